The molecule has 2 amide bonds. The highest BCUT2D eigenvalue weighted by Gasteiger charge is 2.20. The number of fused-ring (bicyclic) bond motifs is 1. The van der Waals surface area contributed by atoms with Gasteiger partial charge in [-0.3, -0.25) is 9.59 Å². The van der Waals surface area contributed by atoms with E-state index in [2.05, 4.69) is 26.6 Å². The van der Waals surface area contributed by atoms with Crippen LogP contribution in [0.4, 0.5) is 5.69 Å². The van der Waals surface area contributed by atoms with Crippen molar-refractivity contribution in [2.24, 2.45) is 0 Å². The number of halogens is 1. The second kappa shape index (κ2) is 8.23. The van der Waals surface area contributed by atoms with Crippen LogP contribution in [-0.2, 0) is 9.59 Å². The van der Waals surface area contributed by atoms with Gasteiger partial charge in [-0.15, -0.1) is 0 Å². The molecule has 0 bridgehead atoms. The normalized spacial score (nSPS) is 13.6. The lowest BCUT2D eigenvalue weighted by Gasteiger charge is -2.21. The molecule has 2 aromatic rings. The summed E-state index contributed by atoms with van der Waals surface area (Å²) in [5.41, 5.74) is 1.47. The third-order valence-electron chi connectivity index (χ3n) is 3.87. The Morgan fingerprint density at radius 1 is 1.12 bits per heavy atom. The monoisotopic (exact) mass is 418 g/mol. The lowest BCUT2D eigenvalue weighted by Crippen LogP contribution is -2.29. The van der Waals surface area contributed by atoms with Crippen molar-refractivity contribution in [3.63, 3.8) is 0 Å². The van der Waals surface area contributed by atoms with Gasteiger partial charge in [0.25, 0.3) is 0 Å². The summed E-state index contributed by atoms with van der Waals surface area (Å²) in [7, 11) is 0. The molecule has 0 fully saturated rings. The average molecular weight is 419 g/mol. The molecule has 136 valence electrons. The minimum atomic E-state index is -0.398. The van der Waals surface area contributed by atoms with E-state index in [1.807, 2.05) is 30.3 Å². The van der Waals surface area contributed by atoms with Crippen LogP contribution < -0.4 is 20.1 Å². The summed E-state index contributed by atoms with van der Waals surface area (Å²) >= 11 is 3.44. The summed E-state index contributed by atoms with van der Waals surface area (Å²) in [5, 5.41) is 5.68. The van der Waals surface area contributed by atoms with Crippen LogP contribution in [0.25, 0.3) is 0 Å². The molecule has 1 unspecified atom stereocenters. The topological polar surface area (TPSA) is 76.7 Å². The summed E-state index contributed by atoms with van der Waals surface area (Å²) < 4.78 is 11.8. The SMILES string of the molecule is CC(=O)NC(CC(=O)Nc1cc2c(cc1Br)OCCO2)c1ccccc1. The van der Waals surface area contributed by atoms with Gasteiger partial charge < -0.3 is 20.1 Å². The van der Waals surface area contributed by atoms with Crippen molar-refractivity contribution in [1.29, 1.82) is 0 Å². The number of hydrogen-bond acceptors (Lipinski definition) is 4. The maximum atomic E-state index is 12.5. The van der Waals surface area contributed by atoms with Crippen LogP contribution in [0.2, 0.25) is 0 Å². The zero-order valence-corrected chi connectivity index (χ0v) is 15.8. The molecule has 0 spiro atoms. The van der Waals surface area contributed by atoms with Gasteiger partial charge in [0.1, 0.15) is 13.2 Å². The number of hydrogen-bond donors (Lipinski definition) is 2. The van der Waals surface area contributed by atoms with E-state index in [-0.39, 0.29) is 18.2 Å². The second-order valence-electron chi connectivity index (χ2n) is 5.89. The fourth-order valence-corrected chi connectivity index (χ4v) is 3.15. The van der Waals surface area contributed by atoms with E-state index in [1.165, 1.54) is 6.92 Å². The van der Waals surface area contributed by atoms with Crippen molar-refractivity contribution in [2.75, 3.05) is 18.5 Å². The van der Waals surface area contributed by atoms with Gasteiger partial charge in [-0.1, -0.05) is 30.3 Å². The highest BCUT2D eigenvalue weighted by molar-refractivity contribution is 9.10. The number of ether oxygens (including phenoxy) is 2. The Balaban J connectivity index is 1.73. The van der Waals surface area contributed by atoms with Gasteiger partial charge >= 0.3 is 0 Å². The smallest absolute Gasteiger partial charge is 0.226 e. The summed E-state index contributed by atoms with van der Waals surface area (Å²) in [6.45, 7) is 2.41. The van der Waals surface area contributed by atoms with Gasteiger partial charge in [-0.25, -0.2) is 0 Å². The molecule has 0 radical (unpaired) electrons. The number of rotatable bonds is 5. The third-order valence-corrected chi connectivity index (χ3v) is 4.53. The molecule has 0 aromatic heterocycles. The van der Waals surface area contributed by atoms with Crippen LogP contribution >= 0.6 is 15.9 Å². The maximum Gasteiger partial charge on any atom is 0.226 e. The van der Waals surface area contributed by atoms with E-state index >= 15 is 0 Å². The maximum absolute atomic E-state index is 12.5. The van der Waals surface area contributed by atoms with Crippen molar-refractivity contribution < 1.29 is 19.1 Å². The van der Waals surface area contributed by atoms with Gasteiger partial charge in [0.15, 0.2) is 11.5 Å². The van der Waals surface area contributed by atoms with E-state index < -0.39 is 6.04 Å². The zero-order chi connectivity index (χ0) is 18.5. The molecule has 2 aromatic carbocycles. The minimum absolute atomic E-state index is 0.116. The molecule has 3 rings (SSSR count). The Hall–Kier alpha value is -2.54. The molecule has 7 heteroatoms. The number of anilines is 1. The predicted molar refractivity (Wildman–Crippen MR) is 101 cm³/mol. The van der Waals surface area contributed by atoms with Crippen molar-refractivity contribution in [1.82, 2.24) is 5.32 Å². The average Bonchev–Trinajstić information content (AvgIpc) is 2.62. The Bertz CT molecular complexity index is 811. The molecule has 26 heavy (non-hydrogen) atoms. The standard InChI is InChI=1S/C19H19BrN2O4/c1-12(23)21-15(13-5-3-2-4-6-13)11-19(24)22-16-10-18-17(9-14(16)20)25-7-8-26-18/h2-6,9-10,15H,7-8,11H2,1H3,(H,21,23)(H,22,24). The van der Waals surface area contributed by atoms with Crippen LogP contribution in [-0.4, -0.2) is 25.0 Å². The van der Waals surface area contributed by atoms with Gasteiger partial charge in [0.2, 0.25) is 11.8 Å². The summed E-state index contributed by atoms with van der Waals surface area (Å²) in [4.78, 5) is 24.0. The van der Waals surface area contributed by atoms with Gasteiger partial charge in [0, 0.05) is 23.5 Å². The Morgan fingerprint density at radius 2 is 1.77 bits per heavy atom. The highest BCUT2D eigenvalue weighted by atomic mass is 79.9. The van der Waals surface area contributed by atoms with Gasteiger partial charge in [0.05, 0.1) is 18.2 Å². The van der Waals surface area contributed by atoms with Crippen molar-refractivity contribution in [3.8, 4) is 11.5 Å². The Morgan fingerprint density at radius 3 is 2.42 bits per heavy atom. The van der Waals surface area contributed by atoms with E-state index in [0.717, 1.165) is 5.56 Å². The Labute approximate surface area is 160 Å². The molecule has 0 aliphatic carbocycles. The molecule has 0 saturated carbocycles. The van der Waals surface area contributed by atoms with E-state index in [1.54, 1.807) is 12.1 Å². The van der Waals surface area contributed by atoms with E-state index in [9.17, 15) is 9.59 Å². The van der Waals surface area contributed by atoms with Crippen LogP contribution in [0.1, 0.15) is 24.9 Å². The number of benzene rings is 2. The zero-order valence-electron chi connectivity index (χ0n) is 14.3. The Kier molecular flexibility index (Phi) is 5.78. The van der Waals surface area contributed by atoms with Crippen LogP contribution in [0.3, 0.4) is 0 Å². The van der Waals surface area contributed by atoms with Crippen molar-refractivity contribution in [3.05, 3.63) is 52.5 Å². The summed E-state index contributed by atoms with van der Waals surface area (Å²) in [6.07, 6.45) is 0.116. The number of amides is 2. The fraction of sp³-hybridized carbons (Fsp3) is 0.263. The van der Waals surface area contributed by atoms with E-state index in [0.29, 0.717) is 34.9 Å². The molecule has 1 heterocycles. The van der Waals surface area contributed by atoms with Gasteiger partial charge in [-0.2, -0.15) is 0 Å². The predicted octanol–water partition coefficient (Wildman–Crippen LogP) is 3.43. The first-order valence-electron chi connectivity index (χ1n) is 8.24. The van der Waals surface area contributed by atoms with Crippen molar-refractivity contribution in [2.45, 2.75) is 19.4 Å². The third kappa shape index (κ3) is 4.54. The molecule has 1 aliphatic heterocycles. The lowest BCUT2D eigenvalue weighted by molar-refractivity contribution is -0.120. The van der Waals surface area contributed by atoms with Gasteiger partial charge in [-0.05, 0) is 21.5 Å². The first kappa shape index (κ1) is 18.3. The first-order chi connectivity index (χ1) is 12.5. The molecule has 6 nitrogen and oxygen atoms in total. The molecule has 1 atom stereocenters. The van der Waals surface area contributed by atoms with E-state index in [4.69, 9.17) is 9.47 Å². The lowest BCUT2D eigenvalue weighted by atomic mass is 10.0. The summed E-state index contributed by atoms with van der Waals surface area (Å²) in [5.74, 6) is 0.829. The van der Waals surface area contributed by atoms with Crippen LogP contribution in [0.5, 0.6) is 11.5 Å². The van der Waals surface area contributed by atoms with Crippen LogP contribution in [0, 0.1) is 0 Å². The largest absolute Gasteiger partial charge is 0.486 e. The molecular weight excluding hydrogens is 400 g/mol. The quantitative estimate of drug-likeness (QED) is 0.779. The minimum Gasteiger partial charge on any atom is -0.486 e. The molecule has 0 saturated heterocycles. The fourth-order valence-electron chi connectivity index (χ4n) is 2.73. The summed E-state index contributed by atoms with van der Waals surface area (Å²) in [6, 6.07) is 12.5. The highest BCUT2D eigenvalue weighted by Crippen LogP contribution is 2.38. The second-order valence-corrected chi connectivity index (χ2v) is 6.75. The molecule has 1 aliphatic rings. The number of nitrogens with one attached hydrogen (secondary N) is 2. The number of carbonyl (C=O) groups is 2. The first-order valence-corrected chi connectivity index (χ1v) is 9.03. The molecular formula is C19H19BrN2O4. The number of carbonyl (C=O) groups excluding carboxylic acids is 2. The van der Waals surface area contributed by atoms with Crippen LogP contribution in [0.15, 0.2) is 46.9 Å². The molecule has 2 N–H and O–H groups in total. The van der Waals surface area contributed by atoms with Crippen molar-refractivity contribution >= 4 is 33.4 Å².